The zero-order valence-corrected chi connectivity index (χ0v) is 14.1. The maximum absolute atomic E-state index is 13.1. The Morgan fingerprint density at radius 2 is 2.04 bits per heavy atom. The van der Waals surface area contributed by atoms with E-state index in [1.807, 2.05) is 0 Å². The van der Waals surface area contributed by atoms with E-state index in [2.05, 4.69) is 6.92 Å². The lowest BCUT2D eigenvalue weighted by molar-refractivity contribution is -0.139. The van der Waals surface area contributed by atoms with Crippen molar-refractivity contribution in [1.82, 2.24) is 4.90 Å². The highest BCUT2D eigenvalue weighted by molar-refractivity contribution is 5.77. The summed E-state index contributed by atoms with van der Waals surface area (Å²) in [6.07, 6.45) is -2.57. The second-order valence-electron chi connectivity index (χ2n) is 6.80. The summed E-state index contributed by atoms with van der Waals surface area (Å²) in [6, 6.07) is 5.47. The average molecular weight is 342 g/mol. The van der Waals surface area contributed by atoms with E-state index in [1.54, 1.807) is 17.9 Å². The summed E-state index contributed by atoms with van der Waals surface area (Å²) in [5, 5.41) is 0. The molecule has 1 amide bonds. The Hall–Kier alpha value is -1.56. The molecule has 0 bridgehead atoms. The predicted molar refractivity (Wildman–Crippen MR) is 87.4 cm³/mol. The van der Waals surface area contributed by atoms with E-state index in [0.29, 0.717) is 19.0 Å². The minimum atomic E-state index is -4.41. The van der Waals surface area contributed by atoms with Gasteiger partial charge in [-0.15, -0.1) is 0 Å². The second-order valence-corrected chi connectivity index (χ2v) is 6.80. The molecule has 1 fully saturated rings. The summed E-state index contributed by atoms with van der Waals surface area (Å²) < 4.78 is 39.4. The first-order chi connectivity index (χ1) is 11.2. The van der Waals surface area contributed by atoms with Crippen LogP contribution in [-0.2, 0) is 11.0 Å². The number of rotatable bonds is 4. The van der Waals surface area contributed by atoms with Gasteiger partial charge in [0.2, 0.25) is 5.91 Å². The van der Waals surface area contributed by atoms with Crippen LogP contribution in [0.2, 0.25) is 0 Å². The van der Waals surface area contributed by atoms with Crippen LogP contribution in [0.4, 0.5) is 13.2 Å². The fourth-order valence-corrected chi connectivity index (χ4v) is 3.48. The van der Waals surface area contributed by atoms with Gasteiger partial charge in [0.05, 0.1) is 5.56 Å². The van der Waals surface area contributed by atoms with Gasteiger partial charge in [-0.3, -0.25) is 4.79 Å². The molecule has 2 rings (SSSR count). The van der Waals surface area contributed by atoms with Crippen LogP contribution in [0, 0.1) is 5.92 Å². The van der Waals surface area contributed by atoms with Gasteiger partial charge in [-0.05, 0) is 36.3 Å². The zero-order chi connectivity index (χ0) is 17.9. The number of benzene rings is 1. The lowest BCUT2D eigenvalue weighted by Crippen LogP contribution is -2.49. The van der Waals surface area contributed by atoms with E-state index in [1.165, 1.54) is 12.1 Å². The minimum absolute atomic E-state index is 0.00805. The molecule has 2 N–H and O–H groups in total. The molecule has 3 nitrogen and oxygen atoms in total. The molecular weight excluding hydrogens is 317 g/mol. The molecular formula is C18H25F3N2O. The molecule has 6 heteroatoms. The number of likely N-dealkylation sites (tertiary alicyclic amines) is 1. The van der Waals surface area contributed by atoms with Crippen molar-refractivity contribution in [3.63, 3.8) is 0 Å². The number of hydrogen-bond donors (Lipinski definition) is 1. The van der Waals surface area contributed by atoms with Crippen molar-refractivity contribution in [2.24, 2.45) is 11.7 Å². The second kappa shape index (κ2) is 7.55. The van der Waals surface area contributed by atoms with Crippen LogP contribution in [0.5, 0.6) is 0 Å². The quantitative estimate of drug-likeness (QED) is 0.905. The number of amides is 1. The molecule has 1 saturated heterocycles. The molecule has 1 heterocycles. The molecule has 1 aliphatic rings. The highest BCUT2D eigenvalue weighted by Gasteiger charge is 2.35. The molecule has 0 aromatic heterocycles. The van der Waals surface area contributed by atoms with Crippen LogP contribution in [0.1, 0.15) is 50.2 Å². The molecule has 24 heavy (non-hydrogen) atoms. The molecule has 1 aromatic rings. The zero-order valence-electron chi connectivity index (χ0n) is 14.1. The standard InChI is InChI=1S/C18H25F3N2O/c1-12-7-8-23(14(9-12)11-22)17(24)10-13(2)15-5-3-4-6-16(15)18(19,20)21/h3-6,12-14H,7-11,22H2,1-2H3. The fraction of sp³-hybridized carbons (Fsp3) is 0.611. The number of halogens is 3. The summed E-state index contributed by atoms with van der Waals surface area (Å²) in [4.78, 5) is 14.4. The van der Waals surface area contributed by atoms with Gasteiger partial charge in [-0.1, -0.05) is 32.0 Å². The summed E-state index contributed by atoms with van der Waals surface area (Å²) in [5.41, 5.74) is 5.29. The van der Waals surface area contributed by atoms with Gasteiger partial charge >= 0.3 is 6.18 Å². The van der Waals surface area contributed by atoms with Gasteiger partial charge in [0.25, 0.3) is 0 Å². The van der Waals surface area contributed by atoms with E-state index in [0.717, 1.165) is 18.9 Å². The van der Waals surface area contributed by atoms with Crippen molar-refractivity contribution in [2.75, 3.05) is 13.1 Å². The van der Waals surface area contributed by atoms with E-state index < -0.39 is 17.7 Å². The normalized spacial score (nSPS) is 23.2. The molecule has 3 atom stereocenters. The van der Waals surface area contributed by atoms with E-state index in [-0.39, 0.29) is 23.9 Å². The summed E-state index contributed by atoms with van der Waals surface area (Å²) in [6.45, 7) is 4.83. The molecule has 0 aliphatic carbocycles. The van der Waals surface area contributed by atoms with E-state index >= 15 is 0 Å². The van der Waals surface area contributed by atoms with Crippen LogP contribution in [-0.4, -0.2) is 29.9 Å². The molecule has 134 valence electrons. The Balaban J connectivity index is 2.12. The van der Waals surface area contributed by atoms with Crippen LogP contribution in [0.15, 0.2) is 24.3 Å². The number of carbonyl (C=O) groups excluding carboxylic acids is 1. The van der Waals surface area contributed by atoms with Crippen molar-refractivity contribution in [3.05, 3.63) is 35.4 Å². The van der Waals surface area contributed by atoms with Crippen LogP contribution >= 0.6 is 0 Å². The highest BCUT2D eigenvalue weighted by Crippen LogP contribution is 2.36. The Morgan fingerprint density at radius 3 is 2.67 bits per heavy atom. The number of carbonyl (C=O) groups is 1. The molecule has 1 aromatic carbocycles. The minimum Gasteiger partial charge on any atom is -0.338 e. The number of nitrogens with two attached hydrogens (primary N) is 1. The Morgan fingerprint density at radius 1 is 1.38 bits per heavy atom. The number of alkyl halides is 3. The van der Waals surface area contributed by atoms with Gasteiger partial charge < -0.3 is 10.6 Å². The van der Waals surface area contributed by atoms with E-state index in [9.17, 15) is 18.0 Å². The first kappa shape index (κ1) is 18.8. The average Bonchev–Trinajstić information content (AvgIpc) is 2.53. The van der Waals surface area contributed by atoms with Crippen molar-refractivity contribution >= 4 is 5.91 Å². The predicted octanol–water partition coefficient (Wildman–Crippen LogP) is 3.78. The third-order valence-corrected chi connectivity index (χ3v) is 4.85. The summed E-state index contributed by atoms with van der Waals surface area (Å²) in [5.74, 6) is -0.0825. The van der Waals surface area contributed by atoms with Crippen molar-refractivity contribution in [3.8, 4) is 0 Å². The molecule has 0 saturated carbocycles. The third-order valence-electron chi connectivity index (χ3n) is 4.85. The van der Waals surface area contributed by atoms with Crippen LogP contribution in [0.3, 0.4) is 0 Å². The van der Waals surface area contributed by atoms with Gasteiger partial charge in [-0.25, -0.2) is 0 Å². The Kier molecular flexibility index (Phi) is 5.91. The van der Waals surface area contributed by atoms with Crippen molar-refractivity contribution in [1.29, 1.82) is 0 Å². The maximum Gasteiger partial charge on any atom is 0.416 e. The van der Waals surface area contributed by atoms with Gasteiger partial charge in [0.1, 0.15) is 0 Å². The lowest BCUT2D eigenvalue weighted by Gasteiger charge is -2.38. The number of piperidine rings is 1. The summed E-state index contributed by atoms with van der Waals surface area (Å²) in [7, 11) is 0. The number of nitrogens with zero attached hydrogens (tertiary/aromatic N) is 1. The number of hydrogen-bond acceptors (Lipinski definition) is 2. The summed E-state index contributed by atoms with van der Waals surface area (Å²) >= 11 is 0. The smallest absolute Gasteiger partial charge is 0.338 e. The van der Waals surface area contributed by atoms with Crippen molar-refractivity contribution < 1.29 is 18.0 Å². The SMILES string of the molecule is CC1CCN(C(=O)CC(C)c2ccccc2C(F)(F)F)C(CN)C1. The first-order valence-electron chi connectivity index (χ1n) is 8.39. The fourth-order valence-electron chi connectivity index (χ4n) is 3.48. The maximum atomic E-state index is 13.1. The van der Waals surface area contributed by atoms with Crippen molar-refractivity contribution in [2.45, 2.75) is 51.2 Å². The van der Waals surface area contributed by atoms with Crippen LogP contribution in [0.25, 0.3) is 0 Å². The largest absolute Gasteiger partial charge is 0.416 e. The topological polar surface area (TPSA) is 46.3 Å². The first-order valence-corrected chi connectivity index (χ1v) is 8.39. The highest BCUT2D eigenvalue weighted by atomic mass is 19.4. The third kappa shape index (κ3) is 4.29. The van der Waals surface area contributed by atoms with E-state index in [4.69, 9.17) is 5.73 Å². The lowest BCUT2D eigenvalue weighted by atomic mass is 9.89. The molecule has 1 aliphatic heterocycles. The molecule has 0 radical (unpaired) electrons. The Labute approximate surface area is 141 Å². The van der Waals surface area contributed by atoms with Gasteiger partial charge in [-0.2, -0.15) is 13.2 Å². The van der Waals surface area contributed by atoms with Crippen LogP contribution < -0.4 is 5.73 Å². The monoisotopic (exact) mass is 342 g/mol. The Bertz CT molecular complexity index is 574. The van der Waals surface area contributed by atoms with Gasteiger partial charge in [0, 0.05) is 25.6 Å². The molecule has 3 unspecified atom stereocenters. The molecule has 0 spiro atoms. The van der Waals surface area contributed by atoms with Gasteiger partial charge in [0.15, 0.2) is 0 Å².